The first kappa shape index (κ1) is 13.2. The smallest absolute Gasteiger partial charge is 0.241 e. The standard InChI is InChI=1S/C11H18N2O2S/c1-3-10-6-4-5-7-11(10)16(14,15)13-9(2)8-12/h4-7,9,13H,3,8,12H2,1-2H3/t9-/m0/s1. The maximum Gasteiger partial charge on any atom is 0.241 e. The monoisotopic (exact) mass is 242 g/mol. The van der Waals surface area contributed by atoms with Crippen LogP contribution in [0.25, 0.3) is 0 Å². The Bertz CT molecular complexity index is 443. The number of rotatable bonds is 5. The van der Waals surface area contributed by atoms with Crippen molar-refractivity contribution in [2.24, 2.45) is 5.73 Å². The Kier molecular flexibility index (Phi) is 4.46. The van der Waals surface area contributed by atoms with Gasteiger partial charge in [-0.05, 0) is 25.0 Å². The fourth-order valence-corrected chi connectivity index (χ4v) is 3.00. The third-order valence-electron chi connectivity index (χ3n) is 2.35. The molecule has 16 heavy (non-hydrogen) atoms. The van der Waals surface area contributed by atoms with E-state index in [1.165, 1.54) is 0 Å². The summed E-state index contributed by atoms with van der Waals surface area (Å²) in [7, 11) is -3.44. The van der Waals surface area contributed by atoms with Crippen LogP contribution >= 0.6 is 0 Å². The van der Waals surface area contributed by atoms with Crippen LogP contribution in [0, 0.1) is 0 Å². The Morgan fingerprint density at radius 2 is 2.00 bits per heavy atom. The van der Waals surface area contributed by atoms with Gasteiger partial charge in [0.1, 0.15) is 0 Å². The number of hydrogen-bond acceptors (Lipinski definition) is 3. The van der Waals surface area contributed by atoms with Gasteiger partial charge in [-0.1, -0.05) is 25.1 Å². The topological polar surface area (TPSA) is 72.2 Å². The third-order valence-corrected chi connectivity index (χ3v) is 4.04. The maximum atomic E-state index is 12.0. The number of aryl methyl sites for hydroxylation is 1. The van der Waals surface area contributed by atoms with Crippen LogP contribution in [0.15, 0.2) is 29.2 Å². The van der Waals surface area contributed by atoms with Crippen LogP contribution in [0.3, 0.4) is 0 Å². The molecule has 1 aromatic rings. The van der Waals surface area contributed by atoms with Gasteiger partial charge in [-0.2, -0.15) is 0 Å². The largest absolute Gasteiger partial charge is 0.329 e. The van der Waals surface area contributed by atoms with Crippen molar-refractivity contribution < 1.29 is 8.42 Å². The summed E-state index contributed by atoms with van der Waals surface area (Å²) in [6.07, 6.45) is 0.689. The molecule has 0 fully saturated rings. The Morgan fingerprint density at radius 1 is 1.38 bits per heavy atom. The number of nitrogens with two attached hydrogens (primary N) is 1. The lowest BCUT2D eigenvalue weighted by molar-refractivity contribution is 0.561. The lowest BCUT2D eigenvalue weighted by Crippen LogP contribution is -2.38. The van der Waals surface area contributed by atoms with E-state index in [2.05, 4.69) is 4.72 Å². The van der Waals surface area contributed by atoms with Crippen LogP contribution in [-0.2, 0) is 16.4 Å². The van der Waals surface area contributed by atoms with Gasteiger partial charge in [-0.3, -0.25) is 0 Å². The third kappa shape index (κ3) is 3.04. The SMILES string of the molecule is CCc1ccccc1S(=O)(=O)N[C@@H](C)CN. The van der Waals surface area contributed by atoms with E-state index in [-0.39, 0.29) is 12.6 Å². The lowest BCUT2D eigenvalue weighted by atomic mass is 10.2. The Balaban J connectivity index is 3.07. The molecule has 0 bridgehead atoms. The van der Waals surface area contributed by atoms with Crippen LogP contribution in [0.5, 0.6) is 0 Å². The summed E-state index contributed by atoms with van der Waals surface area (Å²) in [4.78, 5) is 0.345. The molecule has 90 valence electrons. The fourth-order valence-electron chi connectivity index (χ4n) is 1.43. The van der Waals surface area contributed by atoms with Gasteiger partial charge in [0.2, 0.25) is 10.0 Å². The molecule has 4 nitrogen and oxygen atoms in total. The molecule has 0 aliphatic carbocycles. The first-order valence-electron chi connectivity index (χ1n) is 5.31. The predicted molar refractivity (Wildman–Crippen MR) is 64.7 cm³/mol. The van der Waals surface area contributed by atoms with E-state index in [9.17, 15) is 8.42 Å². The van der Waals surface area contributed by atoms with Crippen LogP contribution < -0.4 is 10.5 Å². The van der Waals surface area contributed by atoms with Gasteiger partial charge in [-0.25, -0.2) is 13.1 Å². The van der Waals surface area contributed by atoms with E-state index >= 15 is 0 Å². The molecule has 3 N–H and O–H groups in total. The van der Waals surface area contributed by atoms with Crippen molar-refractivity contribution in [3.8, 4) is 0 Å². The first-order valence-corrected chi connectivity index (χ1v) is 6.80. The normalized spacial score (nSPS) is 13.7. The van der Waals surface area contributed by atoms with Crippen molar-refractivity contribution in [1.82, 2.24) is 4.72 Å². The van der Waals surface area contributed by atoms with Crippen molar-refractivity contribution in [3.05, 3.63) is 29.8 Å². The van der Waals surface area contributed by atoms with E-state index in [1.54, 1.807) is 19.1 Å². The molecule has 0 amide bonds. The molecule has 0 heterocycles. The zero-order valence-electron chi connectivity index (χ0n) is 9.60. The second-order valence-electron chi connectivity index (χ2n) is 3.72. The second-order valence-corrected chi connectivity index (χ2v) is 5.40. The van der Waals surface area contributed by atoms with Crippen LogP contribution in [-0.4, -0.2) is 21.0 Å². The highest BCUT2D eigenvalue weighted by molar-refractivity contribution is 7.89. The zero-order chi connectivity index (χ0) is 12.2. The predicted octanol–water partition coefficient (Wildman–Crippen LogP) is 0.875. The summed E-state index contributed by atoms with van der Waals surface area (Å²) in [6.45, 7) is 3.96. The summed E-state index contributed by atoms with van der Waals surface area (Å²) in [5, 5.41) is 0. The average Bonchev–Trinajstić information content (AvgIpc) is 2.28. The Morgan fingerprint density at radius 3 is 2.56 bits per heavy atom. The van der Waals surface area contributed by atoms with Gasteiger partial charge in [0.05, 0.1) is 4.90 Å². The molecule has 0 aliphatic heterocycles. The van der Waals surface area contributed by atoms with Crippen LogP contribution in [0.1, 0.15) is 19.4 Å². The fraction of sp³-hybridized carbons (Fsp3) is 0.455. The summed E-state index contributed by atoms with van der Waals surface area (Å²) in [5.41, 5.74) is 6.22. The highest BCUT2D eigenvalue weighted by Gasteiger charge is 2.18. The van der Waals surface area contributed by atoms with E-state index in [0.29, 0.717) is 11.3 Å². The minimum atomic E-state index is -3.44. The van der Waals surface area contributed by atoms with Gasteiger partial charge in [0.15, 0.2) is 0 Å². The van der Waals surface area contributed by atoms with Gasteiger partial charge >= 0.3 is 0 Å². The first-order chi connectivity index (χ1) is 7.51. The summed E-state index contributed by atoms with van der Waals surface area (Å²) < 4.78 is 26.6. The van der Waals surface area contributed by atoms with Crippen molar-refractivity contribution in [1.29, 1.82) is 0 Å². The molecule has 0 radical (unpaired) electrons. The van der Waals surface area contributed by atoms with Gasteiger partial charge in [-0.15, -0.1) is 0 Å². The zero-order valence-corrected chi connectivity index (χ0v) is 10.4. The molecular formula is C11H18N2O2S. The molecular weight excluding hydrogens is 224 g/mol. The molecule has 0 spiro atoms. The van der Waals surface area contributed by atoms with Crippen LogP contribution in [0.2, 0.25) is 0 Å². The van der Waals surface area contributed by atoms with Gasteiger partial charge in [0.25, 0.3) is 0 Å². The molecule has 5 heteroatoms. The second kappa shape index (κ2) is 5.43. The molecule has 1 rings (SSSR count). The average molecular weight is 242 g/mol. The number of hydrogen-bond donors (Lipinski definition) is 2. The molecule has 0 aromatic heterocycles. The molecule has 0 saturated heterocycles. The van der Waals surface area contributed by atoms with Gasteiger partial charge < -0.3 is 5.73 Å². The molecule has 1 aromatic carbocycles. The molecule has 0 aliphatic rings. The van der Waals surface area contributed by atoms with Crippen molar-refractivity contribution in [2.75, 3.05) is 6.54 Å². The quantitative estimate of drug-likeness (QED) is 0.805. The minimum Gasteiger partial charge on any atom is -0.329 e. The highest BCUT2D eigenvalue weighted by Crippen LogP contribution is 2.15. The summed E-state index contributed by atoms with van der Waals surface area (Å²) in [6, 6.07) is 6.74. The molecule has 1 atom stereocenters. The van der Waals surface area contributed by atoms with E-state index < -0.39 is 10.0 Å². The summed E-state index contributed by atoms with van der Waals surface area (Å²) >= 11 is 0. The lowest BCUT2D eigenvalue weighted by Gasteiger charge is -2.14. The van der Waals surface area contributed by atoms with E-state index in [4.69, 9.17) is 5.73 Å². The molecule has 0 saturated carbocycles. The number of sulfonamides is 1. The van der Waals surface area contributed by atoms with Crippen LogP contribution in [0.4, 0.5) is 0 Å². The van der Waals surface area contributed by atoms with E-state index in [0.717, 1.165) is 5.56 Å². The number of nitrogens with one attached hydrogen (secondary N) is 1. The number of benzene rings is 1. The highest BCUT2D eigenvalue weighted by atomic mass is 32.2. The maximum absolute atomic E-state index is 12.0. The van der Waals surface area contributed by atoms with Crippen molar-refractivity contribution in [3.63, 3.8) is 0 Å². The van der Waals surface area contributed by atoms with Gasteiger partial charge in [0, 0.05) is 12.6 Å². The van der Waals surface area contributed by atoms with Crippen molar-refractivity contribution >= 4 is 10.0 Å². The molecule has 0 unspecified atom stereocenters. The Labute approximate surface area is 96.9 Å². The van der Waals surface area contributed by atoms with E-state index in [1.807, 2.05) is 19.1 Å². The summed E-state index contributed by atoms with van der Waals surface area (Å²) in [5.74, 6) is 0. The van der Waals surface area contributed by atoms with Crippen molar-refractivity contribution in [2.45, 2.75) is 31.2 Å². The Hall–Kier alpha value is -0.910. The minimum absolute atomic E-state index is 0.255.